The van der Waals surface area contributed by atoms with Gasteiger partial charge in [0.15, 0.2) is 0 Å². The Morgan fingerprint density at radius 1 is 1.22 bits per heavy atom. The molecular weight excluding hydrogens is 314 g/mol. The molecule has 0 saturated carbocycles. The number of benzene rings is 1. The molecule has 1 fully saturated rings. The topological polar surface area (TPSA) is 55.3 Å². The van der Waals surface area contributed by atoms with E-state index in [4.69, 9.17) is 16.3 Å². The van der Waals surface area contributed by atoms with Gasteiger partial charge in [-0.25, -0.2) is 9.97 Å². The van der Waals surface area contributed by atoms with Gasteiger partial charge in [0, 0.05) is 43.2 Å². The number of piperidine rings is 1. The molecule has 3 rings (SSSR count). The Balaban J connectivity index is 1.48. The summed E-state index contributed by atoms with van der Waals surface area (Å²) in [5, 5.41) is 0.684. The summed E-state index contributed by atoms with van der Waals surface area (Å²) in [5.74, 6) is 0.735. The number of carbonyl (C=O) groups is 1. The lowest BCUT2D eigenvalue weighted by Gasteiger charge is -2.32. The monoisotopic (exact) mass is 331 g/mol. The van der Waals surface area contributed by atoms with Crippen molar-refractivity contribution in [2.24, 2.45) is 0 Å². The summed E-state index contributed by atoms with van der Waals surface area (Å²) < 4.78 is 5.81. The van der Waals surface area contributed by atoms with Gasteiger partial charge < -0.3 is 9.64 Å². The fourth-order valence-electron chi connectivity index (χ4n) is 2.63. The van der Waals surface area contributed by atoms with Gasteiger partial charge in [0.1, 0.15) is 12.4 Å². The lowest BCUT2D eigenvalue weighted by atomic mass is 10.1. The van der Waals surface area contributed by atoms with Crippen LogP contribution in [0.1, 0.15) is 18.4 Å². The molecule has 0 spiro atoms. The maximum Gasteiger partial charge on any atom is 0.226 e. The Hall–Kier alpha value is -2.14. The van der Waals surface area contributed by atoms with Crippen LogP contribution in [0.2, 0.25) is 5.02 Å². The average molecular weight is 332 g/mol. The molecule has 1 aromatic carbocycles. The average Bonchev–Trinajstić information content (AvgIpc) is 2.58. The molecule has 1 amide bonds. The van der Waals surface area contributed by atoms with E-state index in [0.717, 1.165) is 18.4 Å². The highest BCUT2D eigenvalue weighted by Gasteiger charge is 2.24. The molecule has 1 aromatic heterocycles. The molecule has 23 heavy (non-hydrogen) atoms. The van der Waals surface area contributed by atoms with Crippen LogP contribution in [0.5, 0.6) is 5.88 Å². The maximum atomic E-state index is 12.3. The van der Waals surface area contributed by atoms with Gasteiger partial charge in [0.2, 0.25) is 11.8 Å². The number of nitrogens with zero attached hydrogens (tertiary/aromatic N) is 3. The normalized spacial score (nSPS) is 15.4. The van der Waals surface area contributed by atoms with E-state index in [0.29, 0.717) is 30.4 Å². The van der Waals surface area contributed by atoms with Gasteiger partial charge in [-0.05, 0) is 17.7 Å². The van der Waals surface area contributed by atoms with Gasteiger partial charge in [-0.15, -0.1) is 0 Å². The SMILES string of the molecule is O=C(Cc1ccc(Cl)cc1)N1CCC(Oc2ccncn2)CC1. The first-order chi connectivity index (χ1) is 11.2. The fraction of sp³-hybridized carbons (Fsp3) is 0.353. The molecule has 5 nitrogen and oxygen atoms in total. The van der Waals surface area contributed by atoms with E-state index in [9.17, 15) is 4.79 Å². The summed E-state index contributed by atoms with van der Waals surface area (Å²) in [7, 11) is 0. The quantitative estimate of drug-likeness (QED) is 0.864. The number of rotatable bonds is 4. The van der Waals surface area contributed by atoms with Crippen molar-refractivity contribution >= 4 is 17.5 Å². The second-order valence-electron chi connectivity index (χ2n) is 5.55. The Morgan fingerprint density at radius 2 is 1.96 bits per heavy atom. The third-order valence-corrected chi connectivity index (χ3v) is 4.16. The van der Waals surface area contributed by atoms with E-state index in [2.05, 4.69) is 9.97 Å². The number of amides is 1. The van der Waals surface area contributed by atoms with Crippen molar-refractivity contribution in [2.75, 3.05) is 13.1 Å². The van der Waals surface area contributed by atoms with Crippen LogP contribution in [0.15, 0.2) is 42.9 Å². The Morgan fingerprint density at radius 3 is 2.61 bits per heavy atom. The van der Waals surface area contributed by atoms with E-state index in [1.54, 1.807) is 12.3 Å². The predicted molar refractivity (Wildman–Crippen MR) is 87.4 cm³/mol. The highest BCUT2D eigenvalue weighted by molar-refractivity contribution is 6.30. The molecule has 6 heteroatoms. The lowest BCUT2D eigenvalue weighted by Crippen LogP contribution is -2.42. The standard InChI is InChI=1S/C17H18ClN3O2/c18-14-3-1-13(2-4-14)11-17(22)21-9-6-15(7-10-21)23-16-5-8-19-12-20-16/h1-5,8,12,15H,6-7,9-11H2. The molecule has 2 heterocycles. The number of hydrogen-bond donors (Lipinski definition) is 0. The molecule has 2 aromatic rings. The largest absolute Gasteiger partial charge is 0.474 e. The zero-order valence-corrected chi connectivity index (χ0v) is 13.4. The van der Waals surface area contributed by atoms with Crippen LogP contribution in [0, 0.1) is 0 Å². The molecule has 0 radical (unpaired) electrons. The van der Waals surface area contributed by atoms with Crippen molar-refractivity contribution in [3.05, 3.63) is 53.4 Å². The summed E-state index contributed by atoms with van der Waals surface area (Å²) in [6.45, 7) is 1.42. The van der Waals surface area contributed by atoms with Crippen LogP contribution in [-0.2, 0) is 11.2 Å². The van der Waals surface area contributed by atoms with Crippen molar-refractivity contribution < 1.29 is 9.53 Å². The predicted octanol–water partition coefficient (Wildman–Crippen LogP) is 2.74. The summed E-state index contributed by atoms with van der Waals surface area (Å²) in [5.41, 5.74) is 0.985. The van der Waals surface area contributed by atoms with Gasteiger partial charge in [-0.2, -0.15) is 0 Å². The number of carbonyl (C=O) groups excluding carboxylic acids is 1. The zero-order valence-electron chi connectivity index (χ0n) is 12.7. The molecule has 0 atom stereocenters. The van der Waals surface area contributed by atoms with Crippen LogP contribution < -0.4 is 4.74 Å². The third kappa shape index (κ3) is 4.42. The first-order valence-corrected chi connectivity index (χ1v) is 8.03. The van der Waals surface area contributed by atoms with Crippen molar-refractivity contribution in [3.63, 3.8) is 0 Å². The van der Waals surface area contributed by atoms with Gasteiger partial charge in [-0.3, -0.25) is 4.79 Å². The number of halogens is 1. The Labute approximate surface area is 140 Å². The number of hydrogen-bond acceptors (Lipinski definition) is 4. The second-order valence-corrected chi connectivity index (χ2v) is 5.99. The van der Waals surface area contributed by atoms with Gasteiger partial charge >= 0.3 is 0 Å². The second kappa shape index (κ2) is 7.42. The number of ether oxygens (including phenoxy) is 1. The van der Waals surface area contributed by atoms with E-state index in [1.165, 1.54) is 6.33 Å². The highest BCUT2D eigenvalue weighted by Crippen LogP contribution is 2.18. The molecule has 0 N–H and O–H groups in total. The Bertz CT molecular complexity index is 641. The van der Waals surface area contributed by atoms with E-state index in [1.807, 2.05) is 29.2 Å². The molecule has 1 aliphatic heterocycles. The smallest absolute Gasteiger partial charge is 0.226 e. The first kappa shape index (κ1) is 15.7. The Kier molecular flexibility index (Phi) is 5.08. The number of aromatic nitrogens is 2. The highest BCUT2D eigenvalue weighted by atomic mass is 35.5. The molecule has 0 aliphatic carbocycles. The van der Waals surface area contributed by atoms with Crippen LogP contribution in [-0.4, -0.2) is 40.0 Å². The van der Waals surface area contributed by atoms with Crippen molar-refractivity contribution in [3.8, 4) is 5.88 Å². The van der Waals surface area contributed by atoms with Gasteiger partial charge in [0.05, 0.1) is 6.42 Å². The molecule has 0 bridgehead atoms. The minimum absolute atomic E-state index is 0.101. The molecule has 1 aliphatic rings. The van der Waals surface area contributed by atoms with Gasteiger partial charge in [0.25, 0.3) is 0 Å². The van der Waals surface area contributed by atoms with Crippen LogP contribution >= 0.6 is 11.6 Å². The minimum Gasteiger partial charge on any atom is -0.474 e. The van der Waals surface area contributed by atoms with Crippen molar-refractivity contribution in [1.82, 2.24) is 14.9 Å². The summed E-state index contributed by atoms with van der Waals surface area (Å²) >= 11 is 5.86. The number of likely N-dealkylation sites (tertiary alicyclic amines) is 1. The molecule has 1 saturated heterocycles. The van der Waals surface area contributed by atoms with Crippen LogP contribution in [0.3, 0.4) is 0 Å². The van der Waals surface area contributed by atoms with Crippen LogP contribution in [0.25, 0.3) is 0 Å². The minimum atomic E-state index is 0.101. The van der Waals surface area contributed by atoms with Crippen molar-refractivity contribution in [2.45, 2.75) is 25.4 Å². The summed E-state index contributed by atoms with van der Waals surface area (Å²) in [4.78, 5) is 22.2. The summed E-state index contributed by atoms with van der Waals surface area (Å²) in [6.07, 6.45) is 5.28. The third-order valence-electron chi connectivity index (χ3n) is 3.91. The molecule has 0 unspecified atom stereocenters. The first-order valence-electron chi connectivity index (χ1n) is 7.65. The lowest BCUT2D eigenvalue weighted by molar-refractivity contribution is -0.132. The molecule has 120 valence electrons. The molecular formula is C17H18ClN3O2. The van der Waals surface area contributed by atoms with Gasteiger partial charge in [-0.1, -0.05) is 23.7 Å². The van der Waals surface area contributed by atoms with E-state index in [-0.39, 0.29) is 12.0 Å². The maximum absolute atomic E-state index is 12.3. The van der Waals surface area contributed by atoms with Crippen molar-refractivity contribution in [1.29, 1.82) is 0 Å². The van der Waals surface area contributed by atoms with E-state index >= 15 is 0 Å². The van der Waals surface area contributed by atoms with Crippen LogP contribution in [0.4, 0.5) is 0 Å². The van der Waals surface area contributed by atoms with E-state index < -0.39 is 0 Å². The summed E-state index contributed by atoms with van der Waals surface area (Å²) in [6, 6.07) is 9.16. The fourth-order valence-corrected chi connectivity index (χ4v) is 2.76. The zero-order chi connectivity index (χ0) is 16.1.